The van der Waals surface area contributed by atoms with Crippen molar-refractivity contribution in [2.24, 2.45) is 0 Å². The summed E-state index contributed by atoms with van der Waals surface area (Å²) in [5.74, 6) is 0.602. The van der Waals surface area contributed by atoms with Gasteiger partial charge in [0.2, 0.25) is 15.9 Å². The molecule has 0 radical (unpaired) electrons. The third-order valence-electron chi connectivity index (χ3n) is 3.90. The number of hydrogen-bond donors (Lipinski definition) is 1. The molecule has 0 atom stereocenters. The zero-order valence-corrected chi connectivity index (χ0v) is 17.7. The molecule has 1 N–H and O–H groups in total. The van der Waals surface area contributed by atoms with E-state index in [4.69, 9.17) is 4.74 Å². The lowest BCUT2D eigenvalue weighted by Crippen LogP contribution is -2.34. The monoisotopic (exact) mass is 454 g/mol. The Morgan fingerprint density at radius 3 is 2.37 bits per heavy atom. The van der Waals surface area contributed by atoms with Crippen LogP contribution in [0.5, 0.6) is 5.75 Å². The number of rotatable bonds is 9. The van der Waals surface area contributed by atoms with Gasteiger partial charge in [-0.25, -0.2) is 13.1 Å². The van der Waals surface area contributed by atoms with E-state index in [0.29, 0.717) is 13.2 Å². The molecule has 1 amide bonds. The Hall–Kier alpha value is -1.90. The second-order valence-electron chi connectivity index (χ2n) is 6.08. The average molecular weight is 455 g/mol. The van der Waals surface area contributed by atoms with Gasteiger partial charge in [0.15, 0.2) is 0 Å². The molecule has 2 aromatic rings. The van der Waals surface area contributed by atoms with E-state index >= 15 is 0 Å². The van der Waals surface area contributed by atoms with Crippen molar-refractivity contribution in [2.75, 3.05) is 26.7 Å². The first-order chi connectivity index (χ1) is 12.8. The van der Waals surface area contributed by atoms with E-state index in [1.165, 1.54) is 17.0 Å². The van der Waals surface area contributed by atoms with Gasteiger partial charge in [-0.05, 0) is 43.3 Å². The number of benzene rings is 2. The van der Waals surface area contributed by atoms with E-state index in [1.54, 1.807) is 19.2 Å². The summed E-state index contributed by atoms with van der Waals surface area (Å²) in [4.78, 5) is 13.8. The van der Waals surface area contributed by atoms with Gasteiger partial charge in [0.05, 0.1) is 11.4 Å². The first kappa shape index (κ1) is 21.4. The summed E-state index contributed by atoms with van der Waals surface area (Å²) in [5, 5.41) is 0. The van der Waals surface area contributed by atoms with E-state index in [9.17, 15) is 13.2 Å². The minimum absolute atomic E-state index is 0.0421. The third-order valence-corrected chi connectivity index (χ3v) is 5.90. The van der Waals surface area contributed by atoms with Crippen molar-refractivity contribution in [3.8, 4) is 5.75 Å². The molecule has 27 heavy (non-hydrogen) atoms. The van der Waals surface area contributed by atoms with Gasteiger partial charge < -0.3 is 9.64 Å². The fourth-order valence-corrected chi connectivity index (χ4v) is 3.54. The van der Waals surface area contributed by atoms with Gasteiger partial charge in [0, 0.05) is 24.5 Å². The maximum absolute atomic E-state index is 12.2. The molecular weight excluding hydrogens is 432 g/mol. The molecule has 0 saturated carbocycles. The Bertz CT molecular complexity index is 852. The topological polar surface area (TPSA) is 75.7 Å². The zero-order valence-electron chi connectivity index (χ0n) is 15.3. The molecule has 8 heteroatoms. The molecular formula is C19H23BrN2O4S. The molecule has 0 aliphatic carbocycles. The van der Waals surface area contributed by atoms with Gasteiger partial charge in [-0.3, -0.25) is 4.79 Å². The minimum Gasteiger partial charge on any atom is -0.492 e. The highest BCUT2D eigenvalue weighted by Gasteiger charge is 2.15. The van der Waals surface area contributed by atoms with Crippen molar-refractivity contribution in [1.82, 2.24) is 9.62 Å². The number of sulfonamides is 1. The van der Waals surface area contributed by atoms with Crippen molar-refractivity contribution < 1.29 is 17.9 Å². The zero-order chi connectivity index (χ0) is 19.9. The van der Waals surface area contributed by atoms with Crippen LogP contribution in [-0.2, 0) is 14.8 Å². The van der Waals surface area contributed by atoms with Crippen molar-refractivity contribution in [2.45, 2.75) is 18.2 Å². The molecule has 0 fully saturated rings. The first-order valence-electron chi connectivity index (χ1n) is 8.46. The molecule has 0 aliphatic heterocycles. The Labute approximate surface area is 168 Å². The highest BCUT2D eigenvalue weighted by atomic mass is 79.9. The largest absolute Gasteiger partial charge is 0.492 e. The summed E-state index contributed by atoms with van der Waals surface area (Å²) in [5.41, 5.74) is 1.15. The SMILES string of the molecule is Cc1ccc(OCCN(C)C(=O)CCNS(=O)(=O)c2ccc(Br)cc2)cc1. The number of nitrogens with zero attached hydrogens (tertiary/aromatic N) is 1. The molecule has 0 heterocycles. The van der Waals surface area contributed by atoms with Gasteiger partial charge in [-0.15, -0.1) is 0 Å². The standard InChI is InChI=1S/C19H23BrN2O4S/c1-15-3-7-17(8-4-15)26-14-13-22(2)19(23)11-12-21-27(24,25)18-9-5-16(20)6-10-18/h3-10,21H,11-14H2,1-2H3. The normalized spacial score (nSPS) is 11.2. The van der Waals surface area contributed by atoms with Crippen LogP contribution < -0.4 is 9.46 Å². The van der Waals surface area contributed by atoms with E-state index in [-0.39, 0.29) is 23.8 Å². The Morgan fingerprint density at radius 1 is 1.11 bits per heavy atom. The number of halogens is 1. The third kappa shape index (κ3) is 6.97. The van der Waals surface area contributed by atoms with Crippen LogP contribution in [0, 0.1) is 6.92 Å². The van der Waals surface area contributed by atoms with Crippen molar-refractivity contribution in [1.29, 1.82) is 0 Å². The Balaban J connectivity index is 1.72. The second kappa shape index (κ2) is 9.87. The maximum Gasteiger partial charge on any atom is 0.240 e. The summed E-state index contributed by atoms with van der Waals surface area (Å²) in [6.07, 6.45) is 0.0801. The molecule has 0 aliphatic rings. The van der Waals surface area contributed by atoms with E-state index < -0.39 is 10.0 Å². The lowest BCUT2D eigenvalue weighted by Gasteiger charge is -2.17. The predicted octanol–water partition coefficient (Wildman–Crippen LogP) is 2.96. The number of ether oxygens (including phenoxy) is 1. The van der Waals surface area contributed by atoms with Crippen LogP contribution in [-0.4, -0.2) is 46.0 Å². The number of aryl methyl sites for hydroxylation is 1. The van der Waals surface area contributed by atoms with Crippen LogP contribution in [0.2, 0.25) is 0 Å². The molecule has 0 spiro atoms. The van der Waals surface area contributed by atoms with Crippen LogP contribution in [0.3, 0.4) is 0 Å². The molecule has 146 valence electrons. The second-order valence-corrected chi connectivity index (χ2v) is 8.76. The van der Waals surface area contributed by atoms with Crippen LogP contribution in [0.25, 0.3) is 0 Å². The number of hydrogen-bond acceptors (Lipinski definition) is 4. The van der Waals surface area contributed by atoms with E-state index in [2.05, 4.69) is 20.7 Å². The number of likely N-dealkylation sites (N-methyl/N-ethyl adjacent to an activating group) is 1. The fraction of sp³-hybridized carbons (Fsp3) is 0.316. The maximum atomic E-state index is 12.2. The van der Waals surface area contributed by atoms with Crippen LogP contribution in [0.4, 0.5) is 0 Å². The van der Waals surface area contributed by atoms with E-state index in [0.717, 1.165) is 15.8 Å². The number of carbonyl (C=O) groups excluding carboxylic acids is 1. The summed E-state index contributed by atoms with van der Waals surface area (Å²) in [6, 6.07) is 14.0. The van der Waals surface area contributed by atoms with Crippen molar-refractivity contribution >= 4 is 31.9 Å². The van der Waals surface area contributed by atoms with Crippen LogP contribution in [0.15, 0.2) is 57.9 Å². The molecule has 2 rings (SSSR count). The summed E-state index contributed by atoms with van der Waals surface area (Å²) >= 11 is 3.26. The first-order valence-corrected chi connectivity index (χ1v) is 10.7. The van der Waals surface area contributed by atoms with Gasteiger partial charge >= 0.3 is 0 Å². The summed E-state index contributed by atoms with van der Waals surface area (Å²) in [6.45, 7) is 2.84. The predicted molar refractivity (Wildman–Crippen MR) is 108 cm³/mol. The van der Waals surface area contributed by atoms with Gasteiger partial charge in [-0.1, -0.05) is 33.6 Å². The quantitative estimate of drug-likeness (QED) is 0.631. The van der Waals surface area contributed by atoms with Crippen molar-refractivity contribution in [3.63, 3.8) is 0 Å². The number of nitrogens with one attached hydrogen (secondary N) is 1. The lowest BCUT2D eigenvalue weighted by molar-refractivity contribution is -0.130. The smallest absolute Gasteiger partial charge is 0.240 e. The Morgan fingerprint density at radius 2 is 1.74 bits per heavy atom. The summed E-state index contributed by atoms with van der Waals surface area (Å²) < 4.78 is 33.2. The van der Waals surface area contributed by atoms with Gasteiger partial charge in [0.25, 0.3) is 0 Å². The highest BCUT2D eigenvalue weighted by Crippen LogP contribution is 2.14. The summed E-state index contributed by atoms with van der Waals surface area (Å²) in [7, 11) is -1.95. The fourth-order valence-electron chi connectivity index (χ4n) is 2.24. The minimum atomic E-state index is -3.62. The molecule has 0 unspecified atom stereocenters. The van der Waals surface area contributed by atoms with Crippen LogP contribution in [0.1, 0.15) is 12.0 Å². The molecule has 0 bridgehead atoms. The van der Waals surface area contributed by atoms with Gasteiger partial charge in [-0.2, -0.15) is 0 Å². The Kier molecular flexibility index (Phi) is 7.82. The van der Waals surface area contributed by atoms with E-state index in [1.807, 2.05) is 31.2 Å². The lowest BCUT2D eigenvalue weighted by atomic mass is 10.2. The average Bonchev–Trinajstić information content (AvgIpc) is 2.63. The van der Waals surface area contributed by atoms with Crippen LogP contribution >= 0.6 is 15.9 Å². The van der Waals surface area contributed by atoms with Gasteiger partial charge in [0.1, 0.15) is 12.4 Å². The molecule has 0 saturated heterocycles. The molecule has 2 aromatic carbocycles. The van der Waals surface area contributed by atoms with Crippen molar-refractivity contribution in [3.05, 3.63) is 58.6 Å². The highest BCUT2D eigenvalue weighted by molar-refractivity contribution is 9.10. The number of amides is 1. The molecule has 6 nitrogen and oxygen atoms in total. The molecule has 0 aromatic heterocycles. The number of carbonyl (C=O) groups is 1.